The molecule has 2 heterocycles. The fourth-order valence-electron chi connectivity index (χ4n) is 2.07. The van der Waals surface area contributed by atoms with Crippen LogP contribution in [-0.2, 0) is 0 Å². The fraction of sp³-hybridized carbons (Fsp3) is 0.286. The predicted molar refractivity (Wildman–Crippen MR) is 77.5 cm³/mol. The first-order valence-corrected chi connectivity index (χ1v) is 7.18. The summed E-state index contributed by atoms with van der Waals surface area (Å²) in [5.74, 6) is 0. The number of unbranched alkanes of at least 4 members (excludes halogenated alkanes) is 1. The lowest BCUT2D eigenvalue weighted by Gasteiger charge is -2.05. The molecule has 1 aromatic carbocycles. The number of para-hydroxylation sites is 2. The Morgan fingerprint density at radius 2 is 2.11 bits per heavy atom. The third-order valence-electron chi connectivity index (χ3n) is 3.01. The van der Waals surface area contributed by atoms with E-state index in [0.717, 1.165) is 40.7 Å². The van der Waals surface area contributed by atoms with Gasteiger partial charge in [-0.1, -0.05) is 23.9 Å². The lowest BCUT2D eigenvalue weighted by molar-refractivity contribution is 0.285. The normalized spacial score (nSPS) is 13.4. The molecule has 0 aliphatic carbocycles. The molecule has 0 bridgehead atoms. The summed E-state index contributed by atoms with van der Waals surface area (Å²) in [5, 5.41) is 11.0. The summed E-state index contributed by atoms with van der Waals surface area (Å²) < 4.78 is 2.07. The molecular weight excluding hydrogens is 258 g/mol. The number of benzene rings is 1. The maximum absolute atomic E-state index is 8.87. The van der Waals surface area contributed by atoms with E-state index in [4.69, 9.17) is 10.1 Å². The molecule has 1 N–H and O–H groups in total. The van der Waals surface area contributed by atoms with Crippen LogP contribution in [0.25, 0.3) is 5.69 Å². The Morgan fingerprint density at radius 1 is 1.21 bits per heavy atom. The van der Waals surface area contributed by atoms with Crippen LogP contribution in [0.1, 0.15) is 19.3 Å². The average Bonchev–Trinajstić information content (AvgIpc) is 2.82. The molecule has 0 amide bonds. The fourth-order valence-corrected chi connectivity index (χ4v) is 3.06. The van der Waals surface area contributed by atoms with Crippen LogP contribution in [0.5, 0.6) is 0 Å². The molecule has 0 saturated heterocycles. The first-order valence-electron chi connectivity index (χ1n) is 6.36. The number of hydrogen-bond acceptors (Lipinski definition) is 4. The average molecular weight is 273 g/mol. The summed E-state index contributed by atoms with van der Waals surface area (Å²) in [5.41, 5.74) is 2.05. The third kappa shape index (κ3) is 2.57. The molecule has 1 aliphatic heterocycles. The molecule has 0 spiro atoms. The Bertz CT molecular complexity index is 606. The Kier molecular flexibility index (Phi) is 3.66. The van der Waals surface area contributed by atoms with E-state index >= 15 is 0 Å². The first-order chi connectivity index (χ1) is 9.38. The van der Waals surface area contributed by atoms with Gasteiger partial charge in [0, 0.05) is 6.61 Å². The Balaban J connectivity index is 1.96. The number of aliphatic hydroxyl groups is 1. The standard InChI is InChI=1S/C14H15N3OS/c18-8-4-3-7-13-16-11-5-1-2-6-12(11)17-10-15-9-14(17)19-13/h1-2,5-6,9-10,18H,3-4,7-8H2. The molecule has 19 heavy (non-hydrogen) atoms. The maximum atomic E-state index is 8.87. The topological polar surface area (TPSA) is 50.4 Å². The third-order valence-corrected chi connectivity index (χ3v) is 4.05. The summed E-state index contributed by atoms with van der Waals surface area (Å²) in [7, 11) is 0. The number of hydrogen-bond donors (Lipinski definition) is 1. The number of imidazole rings is 1. The van der Waals surface area contributed by atoms with Crippen molar-refractivity contribution in [3.8, 4) is 5.69 Å². The van der Waals surface area contributed by atoms with Gasteiger partial charge in [0.25, 0.3) is 0 Å². The minimum atomic E-state index is 0.243. The number of aliphatic imine (C=N–C) groups is 1. The number of aromatic nitrogens is 2. The molecule has 0 radical (unpaired) electrons. The van der Waals surface area contributed by atoms with Gasteiger partial charge in [0.05, 0.1) is 22.6 Å². The zero-order valence-corrected chi connectivity index (χ0v) is 11.3. The second kappa shape index (κ2) is 5.59. The zero-order valence-electron chi connectivity index (χ0n) is 10.5. The van der Waals surface area contributed by atoms with Crippen molar-refractivity contribution < 1.29 is 5.11 Å². The summed E-state index contributed by atoms with van der Waals surface area (Å²) in [6, 6.07) is 8.10. The Labute approximate surface area is 116 Å². The van der Waals surface area contributed by atoms with Gasteiger partial charge >= 0.3 is 0 Å². The lowest BCUT2D eigenvalue weighted by atomic mass is 10.2. The highest BCUT2D eigenvalue weighted by Crippen LogP contribution is 2.35. The van der Waals surface area contributed by atoms with Crippen LogP contribution in [0.2, 0.25) is 0 Å². The smallest absolute Gasteiger partial charge is 0.105 e. The van der Waals surface area contributed by atoms with Crippen molar-refractivity contribution in [3.63, 3.8) is 0 Å². The van der Waals surface area contributed by atoms with Crippen LogP contribution in [0.15, 0.2) is 46.8 Å². The molecule has 0 unspecified atom stereocenters. The van der Waals surface area contributed by atoms with Gasteiger partial charge in [-0.25, -0.2) is 9.98 Å². The minimum absolute atomic E-state index is 0.243. The second-order valence-corrected chi connectivity index (χ2v) is 5.47. The highest BCUT2D eigenvalue weighted by Gasteiger charge is 2.16. The highest BCUT2D eigenvalue weighted by molar-refractivity contribution is 8.13. The molecule has 5 heteroatoms. The van der Waals surface area contributed by atoms with Gasteiger partial charge < -0.3 is 5.11 Å². The van der Waals surface area contributed by atoms with Crippen molar-refractivity contribution in [3.05, 3.63) is 36.8 Å². The van der Waals surface area contributed by atoms with Crippen molar-refractivity contribution in [2.24, 2.45) is 4.99 Å². The van der Waals surface area contributed by atoms with Crippen molar-refractivity contribution >= 4 is 22.5 Å². The maximum Gasteiger partial charge on any atom is 0.105 e. The number of nitrogens with zero attached hydrogens (tertiary/aromatic N) is 3. The van der Waals surface area contributed by atoms with E-state index in [2.05, 4.69) is 15.6 Å². The number of rotatable bonds is 4. The van der Waals surface area contributed by atoms with Crippen LogP contribution in [-0.4, -0.2) is 26.3 Å². The molecular formula is C14H15N3OS. The van der Waals surface area contributed by atoms with E-state index in [1.165, 1.54) is 0 Å². The van der Waals surface area contributed by atoms with Crippen LogP contribution >= 0.6 is 11.8 Å². The van der Waals surface area contributed by atoms with Gasteiger partial charge in [-0.3, -0.25) is 4.57 Å². The van der Waals surface area contributed by atoms with Crippen molar-refractivity contribution in [1.82, 2.24) is 9.55 Å². The van der Waals surface area contributed by atoms with Crippen molar-refractivity contribution in [2.45, 2.75) is 24.3 Å². The molecule has 1 aromatic heterocycles. The highest BCUT2D eigenvalue weighted by atomic mass is 32.2. The lowest BCUT2D eigenvalue weighted by Crippen LogP contribution is -1.94. The molecule has 0 saturated carbocycles. The van der Waals surface area contributed by atoms with E-state index in [-0.39, 0.29) is 6.61 Å². The predicted octanol–water partition coefficient (Wildman–Crippen LogP) is 3.17. The number of thioether (sulfide) groups is 1. The van der Waals surface area contributed by atoms with E-state index < -0.39 is 0 Å². The SMILES string of the molecule is OCCCCC1=Nc2ccccc2-n2cncc2S1. The van der Waals surface area contributed by atoms with Crippen molar-refractivity contribution in [1.29, 1.82) is 0 Å². The van der Waals surface area contributed by atoms with Crippen LogP contribution in [0.4, 0.5) is 5.69 Å². The molecule has 1 aliphatic rings. The van der Waals surface area contributed by atoms with Gasteiger partial charge in [-0.05, 0) is 31.4 Å². The Morgan fingerprint density at radius 3 is 3.00 bits per heavy atom. The molecule has 0 fully saturated rings. The van der Waals surface area contributed by atoms with Gasteiger partial charge in [0.1, 0.15) is 11.4 Å². The van der Waals surface area contributed by atoms with Crippen LogP contribution < -0.4 is 0 Å². The van der Waals surface area contributed by atoms with Gasteiger partial charge in [0.15, 0.2) is 0 Å². The largest absolute Gasteiger partial charge is 0.396 e. The summed E-state index contributed by atoms with van der Waals surface area (Å²) in [4.78, 5) is 8.97. The van der Waals surface area contributed by atoms with E-state index in [0.29, 0.717) is 0 Å². The van der Waals surface area contributed by atoms with Gasteiger partial charge in [0.2, 0.25) is 0 Å². The van der Waals surface area contributed by atoms with Crippen LogP contribution in [0, 0.1) is 0 Å². The van der Waals surface area contributed by atoms with E-state index in [1.807, 2.05) is 30.7 Å². The molecule has 0 atom stereocenters. The zero-order chi connectivity index (χ0) is 13.1. The monoisotopic (exact) mass is 273 g/mol. The van der Waals surface area contributed by atoms with Crippen molar-refractivity contribution in [2.75, 3.05) is 6.61 Å². The molecule has 3 rings (SSSR count). The second-order valence-electron chi connectivity index (χ2n) is 4.38. The van der Waals surface area contributed by atoms with E-state index in [9.17, 15) is 0 Å². The Hall–Kier alpha value is -1.59. The molecule has 4 nitrogen and oxygen atoms in total. The van der Waals surface area contributed by atoms with Gasteiger partial charge in [-0.2, -0.15) is 0 Å². The minimum Gasteiger partial charge on any atom is -0.396 e. The summed E-state index contributed by atoms with van der Waals surface area (Å²) in [6.07, 6.45) is 6.37. The van der Waals surface area contributed by atoms with E-state index in [1.54, 1.807) is 11.8 Å². The quantitative estimate of drug-likeness (QED) is 0.870. The van der Waals surface area contributed by atoms with Crippen LogP contribution in [0.3, 0.4) is 0 Å². The number of aliphatic hydroxyl groups excluding tert-OH is 1. The number of fused-ring (bicyclic) bond motifs is 3. The van der Waals surface area contributed by atoms with Gasteiger partial charge in [-0.15, -0.1) is 0 Å². The molecule has 98 valence electrons. The summed E-state index contributed by atoms with van der Waals surface area (Å²) >= 11 is 1.66. The molecule has 2 aromatic rings. The summed E-state index contributed by atoms with van der Waals surface area (Å²) in [6.45, 7) is 0.243. The first kappa shape index (κ1) is 12.4.